The van der Waals surface area contributed by atoms with Crippen LogP contribution in [0.15, 0.2) is 45.4 Å². The Kier molecular flexibility index (Phi) is 8.77. The molecule has 0 atom stereocenters. The molecular formula is C20H28IN5O. The normalized spacial score (nSPS) is 14.7. The predicted octanol–water partition coefficient (Wildman–Crippen LogP) is 3.68. The fourth-order valence-corrected chi connectivity index (χ4v) is 3.06. The number of halogens is 1. The summed E-state index contributed by atoms with van der Waals surface area (Å²) in [4.78, 5) is 11.3. The van der Waals surface area contributed by atoms with Gasteiger partial charge in [0.05, 0.1) is 6.54 Å². The van der Waals surface area contributed by atoms with Gasteiger partial charge in [-0.1, -0.05) is 47.1 Å². The van der Waals surface area contributed by atoms with E-state index in [-0.39, 0.29) is 24.0 Å². The van der Waals surface area contributed by atoms with Gasteiger partial charge >= 0.3 is 0 Å². The Morgan fingerprint density at radius 2 is 2.00 bits per heavy atom. The third-order valence-corrected chi connectivity index (χ3v) is 4.37. The average Bonchev–Trinajstić information content (AvgIpc) is 3.08. The maximum Gasteiger partial charge on any atom is 0.228 e. The summed E-state index contributed by atoms with van der Waals surface area (Å²) in [6, 6.07) is 10.5. The molecule has 1 fully saturated rings. The number of nitrogens with one attached hydrogen (secondary N) is 1. The first-order chi connectivity index (χ1) is 12.7. The molecule has 0 radical (unpaired) electrons. The summed E-state index contributed by atoms with van der Waals surface area (Å²) in [5.74, 6) is 2.29. The Morgan fingerprint density at radius 3 is 2.63 bits per heavy atom. The number of benzene rings is 1. The van der Waals surface area contributed by atoms with E-state index in [2.05, 4.69) is 63.7 Å². The quantitative estimate of drug-likeness (QED) is 0.401. The largest absolute Gasteiger partial charge is 0.357 e. The van der Waals surface area contributed by atoms with Crippen molar-refractivity contribution < 1.29 is 4.52 Å². The first kappa shape index (κ1) is 21.4. The molecule has 0 saturated carbocycles. The lowest BCUT2D eigenvalue weighted by atomic mass is 10.0. The highest BCUT2D eigenvalue weighted by Gasteiger charge is 2.17. The first-order valence-corrected chi connectivity index (χ1v) is 9.31. The second-order valence-electron chi connectivity index (χ2n) is 6.42. The molecule has 1 aromatic heterocycles. The monoisotopic (exact) mass is 481 g/mol. The molecule has 7 heteroatoms. The highest BCUT2D eigenvalue weighted by Crippen LogP contribution is 2.19. The van der Waals surface area contributed by atoms with Crippen molar-refractivity contribution in [2.75, 3.05) is 26.2 Å². The van der Waals surface area contributed by atoms with Crippen LogP contribution in [0.25, 0.3) is 6.08 Å². The van der Waals surface area contributed by atoms with Crippen molar-refractivity contribution in [3.63, 3.8) is 0 Å². The van der Waals surface area contributed by atoms with E-state index >= 15 is 0 Å². The summed E-state index contributed by atoms with van der Waals surface area (Å²) < 4.78 is 5.15. The van der Waals surface area contributed by atoms with Crippen LogP contribution < -0.4 is 5.32 Å². The van der Waals surface area contributed by atoms with Gasteiger partial charge in [-0.2, -0.15) is 4.98 Å². The minimum Gasteiger partial charge on any atom is -0.357 e. The molecule has 1 aromatic carbocycles. The zero-order valence-electron chi connectivity index (χ0n) is 16.0. The number of piperidine rings is 1. The van der Waals surface area contributed by atoms with Gasteiger partial charge < -0.3 is 14.7 Å². The number of nitrogens with zero attached hydrogens (tertiary/aromatic N) is 4. The van der Waals surface area contributed by atoms with Crippen LogP contribution in [-0.2, 0) is 6.42 Å². The van der Waals surface area contributed by atoms with E-state index in [0.29, 0.717) is 24.7 Å². The molecule has 0 aliphatic carbocycles. The van der Waals surface area contributed by atoms with Crippen molar-refractivity contribution >= 4 is 36.0 Å². The molecule has 3 rings (SSSR count). The van der Waals surface area contributed by atoms with E-state index in [1.807, 2.05) is 6.92 Å². The van der Waals surface area contributed by atoms with E-state index in [0.717, 1.165) is 38.4 Å². The van der Waals surface area contributed by atoms with Crippen molar-refractivity contribution in [2.45, 2.75) is 33.1 Å². The number of aryl methyl sites for hydroxylation is 1. The van der Waals surface area contributed by atoms with Gasteiger partial charge in [-0.3, -0.25) is 4.99 Å². The number of guanidine groups is 1. The lowest BCUT2D eigenvalue weighted by Crippen LogP contribution is -2.44. The summed E-state index contributed by atoms with van der Waals surface area (Å²) >= 11 is 0. The van der Waals surface area contributed by atoms with Gasteiger partial charge in [0, 0.05) is 26.1 Å². The van der Waals surface area contributed by atoms with E-state index in [1.165, 1.54) is 11.1 Å². The third-order valence-electron chi connectivity index (χ3n) is 4.37. The average molecular weight is 481 g/mol. The number of likely N-dealkylation sites (tertiary alicyclic amines) is 1. The zero-order valence-corrected chi connectivity index (χ0v) is 18.3. The van der Waals surface area contributed by atoms with Gasteiger partial charge in [0.15, 0.2) is 11.8 Å². The molecule has 2 aromatic rings. The molecule has 0 bridgehead atoms. The number of hydrogen-bond donors (Lipinski definition) is 1. The van der Waals surface area contributed by atoms with Gasteiger partial charge in [0.2, 0.25) is 5.89 Å². The second-order valence-corrected chi connectivity index (χ2v) is 6.42. The number of aromatic nitrogens is 2. The molecule has 0 unspecified atom stereocenters. The van der Waals surface area contributed by atoms with Crippen LogP contribution in [0.1, 0.15) is 37.0 Å². The fourth-order valence-electron chi connectivity index (χ4n) is 3.06. The molecular weight excluding hydrogens is 453 g/mol. The molecule has 6 nitrogen and oxygen atoms in total. The Hall–Kier alpha value is -1.90. The summed E-state index contributed by atoms with van der Waals surface area (Å²) in [6.45, 7) is 7.42. The van der Waals surface area contributed by atoms with Gasteiger partial charge in [-0.25, -0.2) is 0 Å². The number of rotatable bonds is 5. The fraction of sp³-hybridized carbons (Fsp3) is 0.450. The van der Waals surface area contributed by atoms with Crippen LogP contribution in [-0.4, -0.2) is 47.2 Å². The van der Waals surface area contributed by atoms with Crippen LogP contribution >= 0.6 is 24.0 Å². The third kappa shape index (κ3) is 6.64. The SMILES string of the molecule is CCNC(=NCCc1nc(C)no1)N1CCC(=Cc2ccccc2)CC1.I. The molecule has 146 valence electrons. The highest BCUT2D eigenvalue weighted by atomic mass is 127. The van der Waals surface area contributed by atoms with Gasteiger partial charge in [-0.15, -0.1) is 24.0 Å². The summed E-state index contributed by atoms with van der Waals surface area (Å²) in [5.41, 5.74) is 2.79. The van der Waals surface area contributed by atoms with E-state index < -0.39 is 0 Å². The van der Waals surface area contributed by atoms with Crippen molar-refractivity contribution in [1.29, 1.82) is 0 Å². The van der Waals surface area contributed by atoms with Gasteiger partial charge in [0.1, 0.15) is 0 Å². The molecule has 27 heavy (non-hydrogen) atoms. The van der Waals surface area contributed by atoms with Crippen molar-refractivity contribution in [2.24, 2.45) is 4.99 Å². The smallest absolute Gasteiger partial charge is 0.228 e. The van der Waals surface area contributed by atoms with Crippen LogP contribution in [0.3, 0.4) is 0 Å². The minimum atomic E-state index is 0. The molecule has 1 aliphatic heterocycles. The number of hydrogen-bond acceptors (Lipinski definition) is 4. The van der Waals surface area contributed by atoms with Crippen LogP contribution in [0, 0.1) is 6.92 Å². The molecule has 0 spiro atoms. The maximum atomic E-state index is 5.15. The summed E-state index contributed by atoms with van der Waals surface area (Å²) in [5, 5.41) is 7.21. The molecule has 1 N–H and O–H groups in total. The van der Waals surface area contributed by atoms with Gasteiger partial charge in [-0.05, 0) is 32.3 Å². The standard InChI is InChI=1S/C20H27N5O.HI/c1-3-21-20(22-12-9-19-23-16(2)24-26-19)25-13-10-18(11-14-25)15-17-7-5-4-6-8-17;/h4-8,15H,3,9-14H2,1-2H3,(H,21,22);1H. The van der Waals surface area contributed by atoms with Crippen LogP contribution in [0.4, 0.5) is 0 Å². The summed E-state index contributed by atoms with van der Waals surface area (Å²) in [6.07, 6.45) is 5.13. The zero-order chi connectivity index (χ0) is 18.2. The Morgan fingerprint density at radius 1 is 1.26 bits per heavy atom. The van der Waals surface area contributed by atoms with Crippen molar-refractivity contribution in [3.05, 3.63) is 53.2 Å². The molecule has 1 saturated heterocycles. The van der Waals surface area contributed by atoms with E-state index in [4.69, 9.17) is 9.52 Å². The van der Waals surface area contributed by atoms with Gasteiger partial charge in [0.25, 0.3) is 0 Å². The Bertz CT molecular complexity index is 747. The molecule has 0 amide bonds. The lowest BCUT2D eigenvalue weighted by Gasteiger charge is -2.31. The highest BCUT2D eigenvalue weighted by molar-refractivity contribution is 14.0. The topological polar surface area (TPSA) is 66.5 Å². The number of aliphatic imine (C=N–C) groups is 1. The Labute approximate surface area is 178 Å². The Balaban J connectivity index is 0.00000261. The van der Waals surface area contributed by atoms with E-state index in [9.17, 15) is 0 Å². The van der Waals surface area contributed by atoms with Crippen LogP contribution in [0.5, 0.6) is 0 Å². The molecule has 2 heterocycles. The maximum absolute atomic E-state index is 5.15. The lowest BCUT2D eigenvalue weighted by molar-refractivity contribution is 0.369. The van der Waals surface area contributed by atoms with Crippen molar-refractivity contribution in [3.8, 4) is 0 Å². The van der Waals surface area contributed by atoms with Crippen molar-refractivity contribution in [1.82, 2.24) is 20.4 Å². The predicted molar refractivity (Wildman–Crippen MR) is 119 cm³/mol. The van der Waals surface area contributed by atoms with E-state index in [1.54, 1.807) is 0 Å². The first-order valence-electron chi connectivity index (χ1n) is 9.31. The second kappa shape index (κ2) is 11.1. The van der Waals surface area contributed by atoms with Crippen LogP contribution in [0.2, 0.25) is 0 Å². The minimum absolute atomic E-state index is 0. The molecule has 1 aliphatic rings. The summed E-state index contributed by atoms with van der Waals surface area (Å²) in [7, 11) is 0.